The van der Waals surface area contributed by atoms with Gasteiger partial charge in [-0.1, -0.05) is 12.8 Å². The van der Waals surface area contributed by atoms with E-state index in [0.29, 0.717) is 6.04 Å². The molecule has 5 heteroatoms. The van der Waals surface area contributed by atoms with E-state index in [0.717, 1.165) is 12.2 Å². The molecule has 2 aliphatic carbocycles. The maximum Gasteiger partial charge on any atom is 0.269 e. The first-order valence-electron chi connectivity index (χ1n) is 7.24. The van der Waals surface area contributed by atoms with E-state index in [9.17, 15) is 10.1 Å². The summed E-state index contributed by atoms with van der Waals surface area (Å²) in [6, 6.07) is 6.96. The molecule has 0 aliphatic heterocycles. The smallest absolute Gasteiger partial charge is 0.269 e. The topological polar surface area (TPSA) is 64.4 Å². The zero-order valence-corrected chi connectivity index (χ0v) is 11.7. The van der Waals surface area contributed by atoms with Crippen LogP contribution in [0.2, 0.25) is 0 Å². The first kappa shape index (κ1) is 13.4. The van der Waals surface area contributed by atoms with Crippen LogP contribution in [0.1, 0.15) is 32.1 Å². The lowest BCUT2D eigenvalue weighted by molar-refractivity contribution is -0.384. The van der Waals surface area contributed by atoms with Gasteiger partial charge in [0.15, 0.2) is 0 Å². The molecule has 0 aromatic heterocycles. The van der Waals surface area contributed by atoms with Gasteiger partial charge in [0.05, 0.1) is 4.92 Å². The summed E-state index contributed by atoms with van der Waals surface area (Å²) in [5, 5.41) is 14.0. The van der Waals surface area contributed by atoms with E-state index in [4.69, 9.17) is 4.74 Å². The predicted molar refractivity (Wildman–Crippen MR) is 75.9 cm³/mol. The first-order valence-corrected chi connectivity index (χ1v) is 7.24. The van der Waals surface area contributed by atoms with Crippen molar-refractivity contribution in [1.82, 2.24) is 5.32 Å². The third-order valence-corrected chi connectivity index (χ3v) is 4.99. The molecule has 0 radical (unpaired) electrons. The second-order valence-electron chi connectivity index (χ2n) is 5.87. The normalized spacial score (nSPS) is 27.2. The van der Waals surface area contributed by atoms with Gasteiger partial charge < -0.3 is 10.1 Å². The Morgan fingerprint density at radius 2 is 1.95 bits per heavy atom. The van der Waals surface area contributed by atoms with Crippen LogP contribution in [0.15, 0.2) is 24.3 Å². The van der Waals surface area contributed by atoms with Gasteiger partial charge in [-0.2, -0.15) is 0 Å². The number of hydrogen-bond donors (Lipinski definition) is 1. The molecule has 0 heterocycles. The second-order valence-corrected chi connectivity index (χ2v) is 5.87. The van der Waals surface area contributed by atoms with Crippen molar-refractivity contribution < 1.29 is 9.66 Å². The molecule has 1 aromatic rings. The molecule has 2 fully saturated rings. The number of nitro groups is 1. The van der Waals surface area contributed by atoms with Crippen molar-refractivity contribution in [2.24, 2.45) is 5.41 Å². The molecule has 2 saturated carbocycles. The Kier molecular flexibility index (Phi) is 3.38. The van der Waals surface area contributed by atoms with Gasteiger partial charge in [0.25, 0.3) is 5.69 Å². The first-order chi connectivity index (χ1) is 9.65. The van der Waals surface area contributed by atoms with Gasteiger partial charge in [0.1, 0.15) is 11.9 Å². The molecular weight excluding hydrogens is 256 g/mol. The Balaban J connectivity index is 1.70. The van der Waals surface area contributed by atoms with Crippen LogP contribution in [-0.2, 0) is 0 Å². The second kappa shape index (κ2) is 5.05. The van der Waals surface area contributed by atoms with E-state index in [-0.39, 0.29) is 22.1 Å². The summed E-state index contributed by atoms with van der Waals surface area (Å²) >= 11 is 0. The minimum atomic E-state index is -0.386. The minimum Gasteiger partial charge on any atom is -0.490 e. The van der Waals surface area contributed by atoms with Crippen LogP contribution in [0.3, 0.4) is 0 Å². The van der Waals surface area contributed by atoms with Gasteiger partial charge in [0, 0.05) is 30.0 Å². The van der Waals surface area contributed by atoms with Gasteiger partial charge >= 0.3 is 0 Å². The maximum atomic E-state index is 10.6. The zero-order valence-electron chi connectivity index (χ0n) is 11.7. The van der Waals surface area contributed by atoms with E-state index < -0.39 is 0 Å². The largest absolute Gasteiger partial charge is 0.490 e. The van der Waals surface area contributed by atoms with Gasteiger partial charge in [-0.15, -0.1) is 0 Å². The molecule has 2 atom stereocenters. The van der Waals surface area contributed by atoms with Crippen molar-refractivity contribution in [3.8, 4) is 5.75 Å². The Morgan fingerprint density at radius 1 is 1.30 bits per heavy atom. The number of ether oxygens (including phenoxy) is 1. The number of nitrogens with zero attached hydrogens (tertiary/aromatic N) is 1. The van der Waals surface area contributed by atoms with Gasteiger partial charge in [-0.3, -0.25) is 10.1 Å². The quantitative estimate of drug-likeness (QED) is 0.678. The third-order valence-electron chi connectivity index (χ3n) is 4.99. The number of nitrogens with one attached hydrogen (secondary N) is 1. The van der Waals surface area contributed by atoms with E-state index in [1.165, 1.54) is 37.8 Å². The molecule has 20 heavy (non-hydrogen) atoms. The van der Waals surface area contributed by atoms with Crippen LogP contribution >= 0.6 is 0 Å². The van der Waals surface area contributed by atoms with Gasteiger partial charge in [-0.05, 0) is 32.0 Å². The molecule has 2 aliphatic rings. The van der Waals surface area contributed by atoms with E-state index in [1.807, 2.05) is 7.05 Å². The summed E-state index contributed by atoms with van der Waals surface area (Å²) in [6.45, 7) is 0. The SMILES string of the molecule is CNC1CC(Oc2ccc([N+](=O)[O-])cc2)C12CCCC2. The van der Waals surface area contributed by atoms with Gasteiger partial charge in [-0.25, -0.2) is 0 Å². The van der Waals surface area contributed by atoms with E-state index in [2.05, 4.69) is 5.32 Å². The molecular formula is C15H20N2O3. The van der Waals surface area contributed by atoms with E-state index >= 15 is 0 Å². The third kappa shape index (κ3) is 2.06. The number of rotatable bonds is 4. The highest BCUT2D eigenvalue weighted by atomic mass is 16.6. The predicted octanol–water partition coefficient (Wildman–Crippen LogP) is 2.89. The van der Waals surface area contributed by atoms with Crippen LogP contribution in [0.5, 0.6) is 5.75 Å². The molecule has 1 aromatic carbocycles. The molecule has 1 N–H and O–H groups in total. The molecule has 5 nitrogen and oxygen atoms in total. The Hall–Kier alpha value is -1.62. The fourth-order valence-electron chi connectivity index (χ4n) is 3.83. The summed E-state index contributed by atoms with van der Waals surface area (Å²) in [7, 11) is 2.02. The van der Waals surface area contributed by atoms with Crippen LogP contribution in [0, 0.1) is 15.5 Å². The lowest BCUT2D eigenvalue weighted by Gasteiger charge is -2.53. The highest BCUT2D eigenvalue weighted by Crippen LogP contribution is 2.54. The fourth-order valence-corrected chi connectivity index (χ4v) is 3.83. The monoisotopic (exact) mass is 276 g/mol. The summed E-state index contributed by atoms with van der Waals surface area (Å²) in [5.74, 6) is 0.737. The minimum absolute atomic E-state index is 0.106. The van der Waals surface area contributed by atoms with E-state index in [1.54, 1.807) is 12.1 Å². The van der Waals surface area contributed by atoms with Crippen LogP contribution in [0.4, 0.5) is 5.69 Å². The molecule has 3 rings (SSSR count). The maximum absolute atomic E-state index is 10.6. The van der Waals surface area contributed by atoms with Crippen molar-refractivity contribution in [2.75, 3.05) is 7.05 Å². The van der Waals surface area contributed by atoms with Crippen molar-refractivity contribution in [3.63, 3.8) is 0 Å². The lowest BCUT2D eigenvalue weighted by atomic mass is 9.60. The molecule has 1 spiro atoms. The van der Waals surface area contributed by atoms with Crippen LogP contribution < -0.4 is 10.1 Å². The number of nitro benzene ring substituents is 1. The van der Waals surface area contributed by atoms with Crippen LogP contribution in [0.25, 0.3) is 0 Å². The van der Waals surface area contributed by atoms with Crippen molar-refractivity contribution >= 4 is 5.69 Å². The Morgan fingerprint density at radius 3 is 2.50 bits per heavy atom. The van der Waals surface area contributed by atoms with Crippen molar-refractivity contribution in [1.29, 1.82) is 0 Å². The summed E-state index contributed by atoms with van der Waals surface area (Å²) in [4.78, 5) is 10.3. The van der Waals surface area contributed by atoms with Crippen LogP contribution in [-0.4, -0.2) is 24.1 Å². The summed E-state index contributed by atoms with van der Waals surface area (Å²) in [5.41, 5.74) is 0.380. The average Bonchev–Trinajstić information content (AvgIpc) is 2.96. The average molecular weight is 276 g/mol. The Labute approximate surface area is 118 Å². The number of hydrogen-bond acceptors (Lipinski definition) is 4. The van der Waals surface area contributed by atoms with Crippen molar-refractivity contribution in [3.05, 3.63) is 34.4 Å². The molecule has 0 bridgehead atoms. The van der Waals surface area contributed by atoms with Crippen molar-refractivity contribution in [2.45, 2.75) is 44.2 Å². The molecule has 108 valence electrons. The highest BCUT2D eigenvalue weighted by Gasteiger charge is 2.56. The van der Waals surface area contributed by atoms with Gasteiger partial charge in [0.2, 0.25) is 0 Å². The summed E-state index contributed by atoms with van der Waals surface area (Å²) < 4.78 is 6.09. The number of benzene rings is 1. The summed E-state index contributed by atoms with van der Waals surface area (Å²) in [6.07, 6.45) is 6.25. The Bertz CT molecular complexity index is 494. The molecule has 2 unspecified atom stereocenters. The highest BCUT2D eigenvalue weighted by molar-refractivity contribution is 5.36. The molecule has 0 amide bonds. The zero-order chi connectivity index (χ0) is 14.2. The number of non-ortho nitro benzene ring substituents is 1. The lowest BCUT2D eigenvalue weighted by Crippen LogP contribution is -2.63. The fraction of sp³-hybridized carbons (Fsp3) is 0.600. The molecule has 0 saturated heterocycles. The standard InChI is InChI=1S/C15H20N2O3/c1-16-13-10-14(15(13)8-2-3-9-15)20-12-6-4-11(5-7-12)17(18)19/h4-7,13-14,16H,2-3,8-10H2,1H3.